The first-order valence-electron chi connectivity index (χ1n) is 7.03. The number of carbonyl (C=O) groups excluding carboxylic acids is 1. The number of amides is 1. The quantitative estimate of drug-likeness (QED) is 0.871. The molecule has 0 aliphatic carbocycles. The monoisotopic (exact) mass is 320 g/mol. The number of aliphatic carboxylic acids is 1. The van der Waals surface area contributed by atoms with Crippen molar-refractivity contribution < 1.29 is 19.1 Å². The number of rotatable bonds is 5. The summed E-state index contributed by atoms with van der Waals surface area (Å²) in [6.45, 7) is 5.02. The summed E-state index contributed by atoms with van der Waals surface area (Å²) >= 11 is 0. The van der Waals surface area contributed by atoms with Crippen molar-refractivity contribution in [3.63, 3.8) is 0 Å². The van der Waals surface area contributed by atoms with E-state index in [2.05, 4.69) is 15.4 Å². The van der Waals surface area contributed by atoms with Crippen molar-refractivity contribution in [1.82, 2.24) is 20.1 Å². The van der Waals surface area contributed by atoms with Gasteiger partial charge in [-0.05, 0) is 37.1 Å². The van der Waals surface area contributed by atoms with Crippen LogP contribution in [0.4, 0.5) is 4.39 Å². The van der Waals surface area contributed by atoms with Crippen molar-refractivity contribution in [2.75, 3.05) is 0 Å². The molecule has 0 spiro atoms. The minimum absolute atomic E-state index is 0.140. The third-order valence-corrected chi connectivity index (χ3v) is 3.26. The molecule has 0 aliphatic heterocycles. The number of carbonyl (C=O) groups is 2. The van der Waals surface area contributed by atoms with Gasteiger partial charge in [0.1, 0.15) is 17.7 Å². The molecule has 0 radical (unpaired) electrons. The Balaban J connectivity index is 2.24. The molecule has 0 aliphatic rings. The van der Waals surface area contributed by atoms with Gasteiger partial charge in [-0.25, -0.2) is 18.9 Å². The number of benzene rings is 1. The smallest absolute Gasteiger partial charge is 0.326 e. The van der Waals surface area contributed by atoms with Gasteiger partial charge in [0.25, 0.3) is 5.91 Å². The Morgan fingerprint density at radius 3 is 2.39 bits per heavy atom. The fourth-order valence-corrected chi connectivity index (χ4v) is 2.03. The normalized spacial score (nSPS) is 12.2. The number of halogens is 1. The minimum atomic E-state index is -1.12. The van der Waals surface area contributed by atoms with Crippen LogP contribution in [0.3, 0.4) is 0 Å². The number of aryl methyl sites for hydroxylation is 1. The van der Waals surface area contributed by atoms with Gasteiger partial charge in [0.05, 0.1) is 5.69 Å². The van der Waals surface area contributed by atoms with Gasteiger partial charge in [0, 0.05) is 0 Å². The standard InChI is InChI=1S/C15H17FN4O3/c1-8(2)12(15(22)23)18-14(21)13-17-9(3)20(19-13)11-6-4-10(16)5-7-11/h4-8,12H,1-3H3,(H,18,21)(H,22,23)/t12-/m0/s1. The number of hydrogen-bond acceptors (Lipinski definition) is 4. The number of nitrogens with one attached hydrogen (secondary N) is 1. The van der Waals surface area contributed by atoms with Gasteiger partial charge >= 0.3 is 5.97 Å². The van der Waals surface area contributed by atoms with E-state index in [1.165, 1.54) is 28.9 Å². The highest BCUT2D eigenvalue weighted by Gasteiger charge is 2.26. The van der Waals surface area contributed by atoms with Crippen molar-refractivity contribution in [2.24, 2.45) is 5.92 Å². The summed E-state index contributed by atoms with van der Waals surface area (Å²) in [6, 6.07) is 4.53. The Morgan fingerprint density at radius 1 is 1.26 bits per heavy atom. The number of aromatic nitrogens is 3. The number of carboxylic acid groups (broad SMARTS) is 1. The molecule has 1 aromatic heterocycles. The first-order chi connectivity index (χ1) is 10.8. The lowest BCUT2D eigenvalue weighted by Crippen LogP contribution is -2.44. The molecule has 1 heterocycles. The van der Waals surface area contributed by atoms with Crippen LogP contribution in [0.2, 0.25) is 0 Å². The maximum Gasteiger partial charge on any atom is 0.326 e. The average Bonchev–Trinajstić information content (AvgIpc) is 2.86. The summed E-state index contributed by atoms with van der Waals surface area (Å²) < 4.78 is 14.4. The molecular weight excluding hydrogens is 303 g/mol. The van der Waals surface area contributed by atoms with Crippen molar-refractivity contribution in [2.45, 2.75) is 26.8 Å². The summed E-state index contributed by atoms with van der Waals surface area (Å²) in [7, 11) is 0. The molecule has 23 heavy (non-hydrogen) atoms. The zero-order chi connectivity index (χ0) is 17.1. The summed E-state index contributed by atoms with van der Waals surface area (Å²) in [5, 5.41) is 15.6. The maximum atomic E-state index is 13.0. The highest BCUT2D eigenvalue weighted by molar-refractivity contribution is 5.93. The third kappa shape index (κ3) is 3.71. The van der Waals surface area contributed by atoms with E-state index < -0.39 is 17.9 Å². The van der Waals surface area contributed by atoms with Crippen molar-refractivity contribution in [3.8, 4) is 5.69 Å². The van der Waals surface area contributed by atoms with Gasteiger partial charge in [0.2, 0.25) is 5.82 Å². The van der Waals surface area contributed by atoms with Crippen LogP contribution in [0.15, 0.2) is 24.3 Å². The third-order valence-electron chi connectivity index (χ3n) is 3.26. The molecule has 0 unspecified atom stereocenters. The zero-order valence-corrected chi connectivity index (χ0v) is 12.9. The fourth-order valence-electron chi connectivity index (χ4n) is 2.03. The van der Waals surface area contributed by atoms with E-state index in [4.69, 9.17) is 5.11 Å². The van der Waals surface area contributed by atoms with Crippen LogP contribution in [-0.2, 0) is 4.79 Å². The van der Waals surface area contributed by atoms with Gasteiger partial charge in [-0.1, -0.05) is 13.8 Å². The topological polar surface area (TPSA) is 97.1 Å². The number of hydrogen-bond donors (Lipinski definition) is 2. The predicted molar refractivity (Wildman–Crippen MR) is 79.8 cm³/mol. The van der Waals surface area contributed by atoms with E-state index in [0.717, 1.165) is 0 Å². The molecule has 7 nitrogen and oxygen atoms in total. The molecule has 0 saturated carbocycles. The van der Waals surface area contributed by atoms with Crippen LogP contribution in [0.1, 0.15) is 30.3 Å². The first-order valence-corrected chi connectivity index (χ1v) is 7.03. The molecular formula is C15H17FN4O3. The maximum absolute atomic E-state index is 13.0. The number of nitrogens with zero attached hydrogens (tertiary/aromatic N) is 3. The SMILES string of the molecule is Cc1nc(C(=O)N[C@H](C(=O)O)C(C)C)nn1-c1ccc(F)cc1. The van der Waals surface area contributed by atoms with E-state index in [0.29, 0.717) is 11.5 Å². The molecule has 1 amide bonds. The van der Waals surface area contributed by atoms with E-state index >= 15 is 0 Å². The van der Waals surface area contributed by atoms with E-state index in [-0.39, 0.29) is 17.6 Å². The fraction of sp³-hybridized carbons (Fsp3) is 0.333. The van der Waals surface area contributed by atoms with Crippen LogP contribution < -0.4 is 5.32 Å². The lowest BCUT2D eigenvalue weighted by Gasteiger charge is -2.16. The summed E-state index contributed by atoms with van der Waals surface area (Å²) in [5.41, 5.74) is 0.550. The van der Waals surface area contributed by atoms with Crippen molar-refractivity contribution >= 4 is 11.9 Å². The van der Waals surface area contributed by atoms with Gasteiger partial charge in [-0.3, -0.25) is 4.79 Å². The van der Waals surface area contributed by atoms with Crippen LogP contribution >= 0.6 is 0 Å². The summed E-state index contributed by atoms with van der Waals surface area (Å²) in [6.07, 6.45) is 0. The molecule has 1 aromatic carbocycles. The van der Waals surface area contributed by atoms with E-state index in [9.17, 15) is 14.0 Å². The molecule has 2 rings (SSSR count). The Kier molecular flexibility index (Phi) is 4.73. The summed E-state index contributed by atoms with van der Waals surface area (Å²) in [5.74, 6) is -2.17. The van der Waals surface area contributed by atoms with E-state index in [1.54, 1.807) is 20.8 Å². The molecule has 8 heteroatoms. The highest BCUT2D eigenvalue weighted by Crippen LogP contribution is 2.11. The largest absolute Gasteiger partial charge is 0.480 e. The Hall–Kier alpha value is -2.77. The lowest BCUT2D eigenvalue weighted by atomic mass is 10.1. The average molecular weight is 320 g/mol. The van der Waals surface area contributed by atoms with Gasteiger partial charge in [-0.2, -0.15) is 0 Å². The molecule has 0 bridgehead atoms. The zero-order valence-electron chi connectivity index (χ0n) is 12.9. The Morgan fingerprint density at radius 2 is 1.87 bits per heavy atom. The van der Waals surface area contributed by atoms with Crippen molar-refractivity contribution in [3.05, 3.63) is 41.7 Å². The minimum Gasteiger partial charge on any atom is -0.480 e. The highest BCUT2D eigenvalue weighted by atomic mass is 19.1. The molecule has 122 valence electrons. The second kappa shape index (κ2) is 6.55. The molecule has 2 aromatic rings. The summed E-state index contributed by atoms with van der Waals surface area (Å²) in [4.78, 5) is 27.3. The van der Waals surface area contributed by atoms with E-state index in [1.807, 2.05) is 0 Å². The second-order valence-corrected chi connectivity index (χ2v) is 5.40. The molecule has 2 N–H and O–H groups in total. The second-order valence-electron chi connectivity index (χ2n) is 5.40. The van der Waals surface area contributed by atoms with Gasteiger partial charge < -0.3 is 10.4 Å². The first kappa shape index (κ1) is 16.6. The molecule has 0 saturated heterocycles. The van der Waals surface area contributed by atoms with Crippen LogP contribution in [0.5, 0.6) is 0 Å². The van der Waals surface area contributed by atoms with Crippen molar-refractivity contribution in [1.29, 1.82) is 0 Å². The molecule has 0 fully saturated rings. The Labute approximate surface area is 132 Å². The predicted octanol–water partition coefficient (Wildman–Crippen LogP) is 1.55. The molecule has 1 atom stereocenters. The Bertz CT molecular complexity index is 725. The van der Waals surface area contributed by atoms with Crippen LogP contribution in [0.25, 0.3) is 5.69 Å². The number of carboxylic acids is 1. The van der Waals surface area contributed by atoms with Gasteiger partial charge in [-0.15, -0.1) is 5.10 Å². The van der Waals surface area contributed by atoms with Crippen LogP contribution in [-0.4, -0.2) is 37.8 Å². The lowest BCUT2D eigenvalue weighted by molar-refractivity contribution is -0.140. The van der Waals surface area contributed by atoms with Crippen LogP contribution in [0, 0.1) is 18.7 Å². The van der Waals surface area contributed by atoms with Gasteiger partial charge in [0.15, 0.2) is 0 Å².